The van der Waals surface area contributed by atoms with Gasteiger partial charge in [-0.1, -0.05) is 29.4 Å². The van der Waals surface area contributed by atoms with Gasteiger partial charge in [-0.25, -0.2) is 9.18 Å². The van der Waals surface area contributed by atoms with Crippen molar-refractivity contribution in [3.63, 3.8) is 0 Å². The molecule has 0 unspecified atom stereocenters. The maximum atomic E-state index is 13.1. The van der Waals surface area contributed by atoms with Crippen molar-refractivity contribution in [3.05, 3.63) is 60.4 Å². The zero-order chi connectivity index (χ0) is 17.5. The van der Waals surface area contributed by atoms with Gasteiger partial charge in [0.25, 0.3) is 0 Å². The number of halogens is 1. The van der Waals surface area contributed by atoms with Gasteiger partial charge < -0.3 is 16.0 Å². The van der Waals surface area contributed by atoms with Crippen molar-refractivity contribution in [3.8, 4) is 5.69 Å². The maximum Gasteiger partial charge on any atom is 0.319 e. The van der Waals surface area contributed by atoms with Crippen molar-refractivity contribution in [2.75, 3.05) is 23.7 Å². The normalized spacial score (nSPS) is 10.3. The van der Waals surface area contributed by atoms with E-state index in [1.807, 2.05) is 30.3 Å². The van der Waals surface area contributed by atoms with Crippen molar-refractivity contribution >= 4 is 17.7 Å². The first-order valence-electron chi connectivity index (χ1n) is 7.60. The first-order valence-corrected chi connectivity index (χ1v) is 7.60. The lowest BCUT2D eigenvalue weighted by Gasteiger charge is -2.09. The van der Waals surface area contributed by atoms with E-state index in [1.165, 1.54) is 18.2 Å². The molecule has 1 aromatic heterocycles. The summed E-state index contributed by atoms with van der Waals surface area (Å²) in [6, 6.07) is 14.7. The molecular formula is C16H16FN7O. The Balaban J connectivity index is 1.46. The minimum atomic E-state index is -0.421. The maximum absolute atomic E-state index is 13.1. The standard InChI is InChI=1S/C16H16FN7O/c17-12-5-4-6-13(11-12)20-16(25)19-10-9-18-15-21-22-23-24(15)14-7-2-1-3-8-14/h1-8,11H,9-10H2,(H,18,21,23)(H2,19,20,25). The van der Waals surface area contributed by atoms with E-state index in [1.54, 1.807) is 10.7 Å². The molecule has 1 heterocycles. The third-order valence-corrected chi connectivity index (χ3v) is 3.25. The Morgan fingerprint density at radius 3 is 2.72 bits per heavy atom. The Labute approximate surface area is 143 Å². The molecule has 3 N–H and O–H groups in total. The second kappa shape index (κ2) is 7.86. The molecule has 0 aliphatic heterocycles. The Kier molecular flexibility index (Phi) is 5.15. The number of carbonyl (C=O) groups excluding carboxylic acids is 1. The largest absolute Gasteiger partial charge is 0.351 e. The summed E-state index contributed by atoms with van der Waals surface area (Å²) in [5, 5.41) is 19.7. The molecule has 2 amide bonds. The van der Waals surface area contributed by atoms with Crippen LogP contribution in [0, 0.1) is 5.82 Å². The van der Waals surface area contributed by atoms with Gasteiger partial charge in [0, 0.05) is 18.8 Å². The van der Waals surface area contributed by atoms with Crippen LogP contribution in [0.3, 0.4) is 0 Å². The van der Waals surface area contributed by atoms with Gasteiger partial charge in [-0.05, 0) is 40.8 Å². The molecule has 0 fully saturated rings. The molecule has 9 heteroatoms. The van der Waals surface area contributed by atoms with Gasteiger partial charge in [-0.3, -0.25) is 0 Å². The summed E-state index contributed by atoms with van der Waals surface area (Å²) in [6.07, 6.45) is 0. The second-order valence-corrected chi connectivity index (χ2v) is 5.07. The average molecular weight is 341 g/mol. The summed E-state index contributed by atoms with van der Waals surface area (Å²) in [6.45, 7) is 0.757. The van der Waals surface area contributed by atoms with Crippen LogP contribution in [-0.2, 0) is 0 Å². The van der Waals surface area contributed by atoms with E-state index in [9.17, 15) is 9.18 Å². The fraction of sp³-hybridized carbons (Fsp3) is 0.125. The Morgan fingerprint density at radius 1 is 1.08 bits per heavy atom. The third-order valence-electron chi connectivity index (χ3n) is 3.25. The van der Waals surface area contributed by atoms with Gasteiger partial charge in [0.1, 0.15) is 5.82 Å². The van der Waals surface area contributed by atoms with Gasteiger partial charge >= 0.3 is 6.03 Å². The molecule has 0 atom stereocenters. The van der Waals surface area contributed by atoms with Crippen LogP contribution < -0.4 is 16.0 Å². The van der Waals surface area contributed by atoms with Gasteiger partial charge in [-0.2, -0.15) is 4.68 Å². The second-order valence-electron chi connectivity index (χ2n) is 5.07. The summed E-state index contributed by atoms with van der Waals surface area (Å²) in [4.78, 5) is 11.8. The number of para-hydroxylation sites is 1. The number of nitrogens with zero attached hydrogens (tertiary/aromatic N) is 4. The molecule has 0 aliphatic rings. The minimum Gasteiger partial charge on any atom is -0.351 e. The predicted octanol–water partition coefficient (Wildman–Crippen LogP) is 2.03. The fourth-order valence-corrected chi connectivity index (χ4v) is 2.13. The Bertz CT molecular complexity index is 837. The molecule has 0 spiro atoms. The van der Waals surface area contributed by atoms with Gasteiger partial charge in [0.05, 0.1) is 5.69 Å². The minimum absolute atomic E-state index is 0.336. The molecule has 3 aromatic rings. The zero-order valence-corrected chi connectivity index (χ0v) is 13.2. The topological polar surface area (TPSA) is 96.8 Å². The summed E-state index contributed by atoms with van der Waals surface area (Å²) < 4.78 is 14.6. The summed E-state index contributed by atoms with van der Waals surface area (Å²) in [5.74, 6) is 0.0609. The molecule has 0 bridgehead atoms. The molecule has 3 rings (SSSR count). The Hall–Kier alpha value is -3.49. The van der Waals surface area contributed by atoms with Crippen molar-refractivity contribution in [1.29, 1.82) is 0 Å². The molecule has 8 nitrogen and oxygen atoms in total. The highest BCUT2D eigenvalue weighted by Crippen LogP contribution is 2.10. The van der Waals surface area contributed by atoms with Crippen LogP contribution in [0.25, 0.3) is 5.69 Å². The molecule has 0 aliphatic carbocycles. The lowest BCUT2D eigenvalue weighted by Crippen LogP contribution is -2.33. The number of tetrazole rings is 1. The predicted molar refractivity (Wildman–Crippen MR) is 91.1 cm³/mol. The number of carbonyl (C=O) groups is 1. The van der Waals surface area contributed by atoms with E-state index in [2.05, 4.69) is 31.5 Å². The summed E-state index contributed by atoms with van der Waals surface area (Å²) >= 11 is 0. The van der Waals surface area contributed by atoms with E-state index in [-0.39, 0.29) is 0 Å². The molecule has 0 saturated carbocycles. The number of hydrogen-bond donors (Lipinski definition) is 3. The number of amides is 2. The highest BCUT2D eigenvalue weighted by atomic mass is 19.1. The van der Waals surface area contributed by atoms with E-state index in [0.717, 1.165) is 5.69 Å². The summed E-state index contributed by atoms with van der Waals surface area (Å²) in [7, 11) is 0. The van der Waals surface area contributed by atoms with Crippen molar-refractivity contribution in [2.24, 2.45) is 0 Å². The highest BCUT2D eigenvalue weighted by Gasteiger charge is 2.07. The lowest BCUT2D eigenvalue weighted by atomic mass is 10.3. The fourth-order valence-electron chi connectivity index (χ4n) is 2.13. The molecular weight excluding hydrogens is 325 g/mol. The number of hydrogen-bond acceptors (Lipinski definition) is 5. The third kappa shape index (κ3) is 4.50. The molecule has 25 heavy (non-hydrogen) atoms. The van der Waals surface area contributed by atoms with Crippen LogP contribution in [-0.4, -0.2) is 39.3 Å². The highest BCUT2D eigenvalue weighted by molar-refractivity contribution is 5.89. The average Bonchev–Trinajstić information content (AvgIpc) is 3.08. The monoisotopic (exact) mass is 341 g/mol. The van der Waals surface area contributed by atoms with Crippen LogP contribution in [0.5, 0.6) is 0 Å². The Morgan fingerprint density at radius 2 is 1.92 bits per heavy atom. The number of rotatable bonds is 6. The lowest BCUT2D eigenvalue weighted by molar-refractivity contribution is 0.252. The van der Waals surface area contributed by atoms with Crippen LogP contribution in [0.4, 0.5) is 20.8 Å². The molecule has 2 aromatic carbocycles. The number of benzene rings is 2. The van der Waals surface area contributed by atoms with Crippen molar-refractivity contribution in [1.82, 2.24) is 25.5 Å². The van der Waals surface area contributed by atoms with E-state index in [4.69, 9.17) is 0 Å². The van der Waals surface area contributed by atoms with Crippen LogP contribution in [0.15, 0.2) is 54.6 Å². The number of urea groups is 1. The van der Waals surface area contributed by atoms with Crippen LogP contribution in [0.1, 0.15) is 0 Å². The smallest absolute Gasteiger partial charge is 0.319 e. The van der Waals surface area contributed by atoms with Gasteiger partial charge in [0.15, 0.2) is 0 Å². The zero-order valence-electron chi connectivity index (χ0n) is 13.2. The molecule has 128 valence electrons. The van der Waals surface area contributed by atoms with E-state index >= 15 is 0 Å². The number of anilines is 2. The van der Waals surface area contributed by atoms with Crippen molar-refractivity contribution < 1.29 is 9.18 Å². The first-order chi connectivity index (χ1) is 12.2. The number of nitrogens with one attached hydrogen (secondary N) is 3. The van der Waals surface area contributed by atoms with Gasteiger partial charge in [-0.15, -0.1) is 0 Å². The van der Waals surface area contributed by atoms with E-state index in [0.29, 0.717) is 24.7 Å². The first kappa shape index (κ1) is 16.4. The van der Waals surface area contributed by atoms with Gasteiger partial charge in [0.2, 0.25) is 5.95 Å². The quantitative estimate of drug-likeness (QED) is 0.596. The summed E-state index contributed by atoms with van der Waals surface area (Å²) in [5.41, 5.74) is 1.21. The van der Waals surface area contributed by atoms with Crippen LogP contribution in [0.2, 0.25) is 0 Å². The van der Waals surface area contributed by atoms with E-state index < -0.39 is 11.8 Å². The SMILES string of the molecule is O=C(NCCNc1nnnn1-c1ccccc1)Nc1cccc(F)c1. The number of aromatic nitrogens is 4. The van der Waals surface area contributed by atoms with Crippen LogP contribution >= 0.6 is 0 Å². The molecule has 0 saturated heterocycles. The molecule has 0 radical (unpaired) electrons. The van der Waals surface area contributed by atoms with Crippen molar-refractivity contribution in [2.45, 2.75) is 0 Å².